The summed E-state index contributed by atoms with van der Waals surface area (Å²) >= 11 is 7.93. The Hall–Kier alpha value is -1.60. The third kappa shape index (κ3) is 4.20. The van der Waals surface area contributed by atoms with E-state index in [4.69, 9.17) is 26.8 Å². The molecule has 0 saturated carbocycles. The first-order chi connectivity index (χ1) is 10.5. The Kier molecular flexibility index (Phi) is 5.79. The van der Waals surface area contributed by atoms with Gasteiger partial charge in [0.1, 0.15) is 0 Å². The number of benzene rings is 1. The lowest BCUT2D eigenvalue weighted by Gasteiger charge is -2.15. The molecular formula is C14H17ClN2O4S. The van der Waals surface area contributed by atoms with Crippen molar-refractivity contribution in [2.24, 2.45) is 5.73 Å². The molecule has 0 spiro atoms. The van der Waals surface area contributed by atoms with Crippen LogP contribution in [0.3, 0.4) is 0 Å². The van der Waals surface area contributed by atoms with E-state index >= 15 is 0 Å². The van der Waals surface area contributed by atoms with E-state index in [-0.39, 0.29) is 35.1 Å². The third-order valence-electron chi connectivity index (χ3n) is 3.12. The maximum absolute atomic E-state index is 12.2. The molecule has 1 aliphatic rings. The molecule has 0 radical (unpaired) electrons. The van der Waals surface area contributed by atoms with Crippen molar-refractivity contribution in [2.75, 3.05) is 25.2 Å². The minimum absolute atomic E-state index is 0.174. The SMILES string of the molecule is COc1cc(C(=O)NC2CCSC2)cc(Cl)c1OCC(N)=O. The number of hydrogen-bond acceptors (Lipinski definition) is 5. The Morgan fingerprint density at radius 1 is 1.50 bits per heavy atom. The number of rotatable bonds is 6. The standard InChI is InChI=1S/C14H17ClN2O4S/c1-20-11-5-8(14(19)17-9-2-3-22-7-9)4-10(15)13(11)21-6-12(16)18/h4-5,9H,2-3,6-7H2,1H3,(H2,16,18)(H,17,19). The van der Waals surface area contributed by atoms with Crippen molar-refractivity contribution >= 4 is 35.2 Å². The van der Waals surface area contributed by atoms with Crippen LogP contribution in [0, 0.1) is 0 Å². The Labute approximate surface area is 137 Å². The summed E-state index contributed by atoms with van der Waals surface area (Å²) in [7, 11) is 1.43. The Balaban J connectivity index is 2.16. The Morgan fingerprint density at radius 3 is 2.86 bits per heavy atom. The molecule has 8 heteroatoms. The largest absolute Gasteiger partial charge is 0.493 e. The average Bonchev–Trinajstić information content (AvgIpc) is 2.97. The summed E-state index contributed by atoms with van der Waals surface area (Å²) < 4.78 is 10.4. The molecule has 0 aliphatic carbocycles. The van der Waals surface area contributed by atoms with Crippen LogP contribution in [0.25, 0.3) is 0 Å². The first kappa shape index (κ1) is 16.8. The molecule has 1 atom stereocenters. The summed E-state index contributed by atoms with van der Waals surface area (Å²) in [6, 6.07) is 3.19. The summed E-state index contributed by atoms with van der Waals surface area (Å²) in [5, 5.41) is 3.14. The van der Waals surface area contributed by atoms with Crippen LogP contribution >= 0.6 is 23.4 Å². The van der Waals surface area contributed by atoms with Gasteiger partial charge >= 0.3 is 0 Å². The number of amides is 2. The van der Waals surface area contributed by atoms with Crippen LogP contribution in [-0.4, -0.2) is 43.1 Å². The fourth-order valence-corrected chi connectivity index (χ4v) is 3.47. The van der Waals surface area contributed by atoms with E-state index in [1.54, 1.807) is 0 Å². The molecular weight excluding hydrogens is 328 g/mol. The number of ether oxygens (including phenoxy) is 2. The van der Waals surface area contributed by atoms with Gasteiger partial charge in [-0.05, 0) is 24.3 Å². The summed E-state index contributed by atoms with van der Waals surface area (Å²) in [6.45, 7) is -0.319. The van der Waals surface area contributed by atoms with E-state index in [0.29, 0.717) is 5.56 Å². The summed E-state index contributed by atoms with van der Waals surface area (Å²) in [5.41, 5.74) is 5.42. The number of methoxy groups -OCH3 is 1. The predicted molar refractivity (Wildman–Crippen MR) is 85.9 cm³/mol. The molecule has 0 bridgehead atoms. The second-order valence-corrected chi connectivity index (χ2v) is 6.34. The van der Waals surface area contributed by atoms with Crippen LogP contribution in [0.15, 0.2) is 12.1 Å². The lowest BCUT2D eigenvalue weighted by atomic mass is 10.1. The van der Waals surface area contributed by atoms with E-state index in [2.05, 4.69) is 5.32 Å². The van der Waals surface area contributed by atoms with E-state index < -0.39 is 5.91 Å². The van der Waals surface area contributed by atoms with Gasteiger partial charge < -0.3 is 20.5 Å². The van der Waals surface area contributed by atoms with Gasteiger partial charge in [0, 0.05) is 17.4 Å². The number of nitrogens with one attached hydrogen (secondary N) is 1. The van der Waals surface area contributed by atoms with Crippen molar-refractivity contribution in [3.8, 4) is 11.5 Å². The Morgan fingerprint density at radius 2 is 2.27 bits per heavy atom. The van der Waals surface area contributed by atoms with Crippen LogP contribution in [0.4, 0.5) is 0 Å². The molecule has 1 unspecified atom stereocenters. The molecule has 1 heterocycles. The normalized spacial score (nSPS) is 17.1. The van der Waals surface area contributed by atoms with Crippen molar-refractivity contribution in [2.45, 2.75) is 12.5 Å². The van der Waals surface area contributed by atoms with Gasteiger partial charge in [-0.25, -0.2) is 0 Å². The molecule has 2 amide bonds. The maximum atomic E-state index is 12.2. The topological polar surface area (TPSA) is 90.7 Å². The Bertz CT molecular complexity index is 576. The quantitative estimate of drug-likeness (QED) is 0.815. The van der Waals surface area contributed by atoms with Crippen LogP contribution in [-0.2, 0) is 4.79 Å². The molecule has 1 aromatic carbocycles. The van der Waals surface area contributed by atoms with Gasteiger partial charge in [-0.3, -0.25) is 9.59 Å². The number of nitrogens with two attached hydrogens (primary N) is 1. The van der Waals surface area contributed by atoms with Crippen molar-refractivity contribution in [3.63, 3.8) is 0 Å². The molecule has 6 nitrogen and oxygen atoms in total. The summed E-state index contributed by atoms with van der Waals surface area (Å²) in [5.74, 6) is 1.59. The van der Waals surface area contributed by atoms with Gasteiger partial charge in [0.25, 0.3) is 11.8 Å². The number of thioether (sulfide) groups is 1. The van der Waals surface area contributed by atoms with Crippen LogP contribution < -0.4 is 20.5 Å². The molecule has 0 aromatic heterocycles. The van der Waals surface area contributed by atoms with Gasteiger partial charge in [0.05, 0.1) is 12.1 Å². The molecule has 22 heavy (non-hydrogen) atoms. The number of halogens is 1. The highest BCUT2D eigenvalue weighted by atomic mass is 35.5. The molecule has 1 fully saturated rings. The number of carbonyl (C=O) groups excluding carboxylic acids is 2. The van der Waals surface area contributed by atoms with Crippen molar-refractivity contribution < 1.29 is 19.1 Å². The highest BCUT2D eigenvalue weighted by molar-refractivity contribution is 7.99. The van der Waals surface area contributed by atoms with E-state index in [9.17, 15) is 9.59 Å². The smallest absolute Gasteiger partial charge is 0.255 e. The lowest BCUT2D eigenvalue weighted by molar-refractivity contribution is -0.119. The van der Waals surface area contributed by atoms with Crippen LogP contribution in [0.5, 0.6) is 11.5 Å². The highest BCUT2D eigenvalue weighted by Crippen LogP contribution is 2.36. The number of hydrogen-bond donors (Lipinski definition) is 2. The van der Waals surface area contributed by atoms with E-state index in [0.717, 1.165) is 17.9 Å². The molecule has 1 saturated heterocycles. The zero-order chi connectivity index (χ0) is 16.1. The number of carbonyl (C=O) groups is 2. The average molecular weight is 345 g/mol. The summed E-state index contributed by atoms with van der Waals surface area (Å²) in [4.78, 5) is 23.0. The van der Waals surface area contributed by atoms with Gasteiger partial charge in [0.15, 0.2) is 18.1 Å². The third-order valence-corrected chi connectivity index (χ3v) is 4.56. The van der Waals surface area contributed by atoms with Gasteiger partial charge in [-0.1, -0.05) is 11.6 Å². The monoisotopic (exact) mass is 344 g/mol. The van der Waals surface area contributed by atoms with E-state index in [1.807, 2.05) is 11.8 Å². The minimum Gasteiger partial charge on any atom is -0.493 e. The fraction of sp³-hybridized carbons (Fsp3) is 0.429. The zero-order valence-corrected chi connectivity index (χ0v) is 13.6. The molecule has 1 aromatic rings. The lowest BCUT2D eigenvalue weighted by Crippen LogP contribution is -2.34. The summed E-state index contributed by atoms with van der Waals surface area (Å²) in [6.07, 6.45) is 0.959. The fourth-order valence-electron chi connectivity index (χ4n) is 2.05. The van der Waals surface area contributed by atoms with E-state index in [1.165, 1.54) is 19.2 Å². The second kappa shape index (κ2) is 7.60. The molecule has 120 valence electrons. The van der Waals surface area contributed by atoms with Gasteiger partial charge in [-0.2, -0.15) is 11.8 Å². The van der Waals surface area contributed by atoms with Crippen molar-refractivity contribution in [1.82, 2.24) is 5.32 Å². The zero-order valence-electron chi connectivity index (χ0n) is 12.1. The second-order valence-electron chi connectivity index (χ2n) is 4.78. The molecule has 1 aliphatic heterocycles. The van der Waals surface area contributed by atoms with Crippen LogP contribution in [0.1, 0.15) is 16.8 Å². The number of primary amides is 1. The first-order valence-electron chi connectivity index (χ1n) is 6.68. The van der Waals surface area contributed by atoms with Gasteiger partial charge in [-0.15, -0.1) is 0 Å². The molecule has 2 rings (SSSR count). The van der Waals surface area contributed by atoms with Crippen molar-refractivity contribution in [1.29, 1.82) is 0 Å². The van der Waals surface area contributed by atoms with Crippen LogP contribution in [0.2, 0.25) is 5.02 Å². The predicted octanol–water partition coefficient (Wildman–Crippen LogP) is 1.45. The van der Waals surface area contributed by atoms with Gasteiger partial charge in [0.2, 0.25) is 0 Å². The van der Waals surface area contributed by atoms with Crippen molar-refractivity contribution in [3.05, 3.63) is 22.7 Å². The highest BCUT2D eigenvalue weighted by Gasteiger charge is 2.21. The minimum atomic E-state index is -0.626. The molecule has 3 N–H and O–H groups in total. The maximum Gasteiger partial charge on any atom is 0.255 e. The first-order valence-corrected chi connectivity index (χ1v) is 8.21.